The van der Waals surface area contributed by atoms with Gasteiger partial charge in [0.1, 0.15) is 11.5 Å². The number of carbonyl (C=O) groups is 1. The smallest absolute Gasteiger partial charge is 0.339 e. The van der Waals surface area contributed by atoms with Crippen LogP contribution < -0.4 is 23.8 Å². The molecule has 0 saturated heterocycles. The second-order valence-electron chi connectivity index (χ2n) is 7.65. The van der Waals surface area contributed by atoms with Gasteiger partial charge in [0, 0.05) is 10.6 Å². The highest BCUT2D eigenvalue weighted by Crippen LogP contribution is 2.38. The Labute approximate surface area is 237 Å². The molecule has 0 aliphatic carbocycles. The summed E-state index contributed by atoms with van der Waals surface area (Å²) in [6.45, 7) is 8.04. The number of nitrogens with one attached hydrogen (secondary N) is 1. The van der Waals surface area contributed by atoms with E-state index in [1.54, 1.807) is 31.2 Å². The number of rotatable bonds is 13. The van der Waals surface area contributed by atoms with Crippen LogP contribution in [0, 0.1) is 0 Å². The molecular weight excluding hydrogens is 567 g/mol. The highest BCUT2D eigenvalue weighted by atomic mass is 35.5. The number of nitrogens with zero attached hydrogens (tertiary/aromatic N) is 1. The van der Waals surface area contributed by atoms with Crippen molar-refractivity contribution in [3.8, 4) is 23.0 Å². The van der Waals surface area contributed by atoms with E-state index < -0.39 is 16.0 Å². The summed E-state index contributed by atoms with van der Waals surface area (Å²) in [5, 5.41) is 4.31. The van der Waals surface area contributed by atoms with Crippen molar-refractivity contribution in [1.82, 2.24) is 5.43 Å². The molecule has 0 radical (unpaired) electrons. The number of amides is 1. The Bertz CT molecular complexity index is 1460. The zero-order chi connectivity index (χ0) is 28.4. The standard InChI is InChI=1S/C27H26Cl2N2O7S/c1-4-13-37-23-12-7-19(16-24(23)35-5-2)27(32)31-30-17-18-14-22(29)26(25(15-18)36-6-3)38-39(33,34)21-10-8-20(28)9-11-21/h4,7-12,14-17H,1,5-6,13H2,2-3H3,(H,31,32)/b30-17+. The van der Waals surface area contributed by atoms with Gasteiger partial charge in [-0.2, -0.15) is 13.5 Å². The van der Waals surface area contributed by atoms with E-state index >= 15 is 0 Å². The van der Waals surface area contributed by atoms with Crippen LogP contribution >= 0.6 is 23.2 Å². The summed E-state index contributed by atoms with van der Waals surface area (Å²) in [6, 6.07) is 13.1. The maximum Gasteiger partial charge on any atom is 0.339 e. The predicted molar refractivity (Wildman–Crippen MR) is 150 cm³/mol. The third-order valence-electron chi connectivity index (χ3n) is 4.87. The SMILES string of the molecule is C=CCOc1ccc(C(=O)N/N=C/c2cc(Cl)c(OS(=O)(=O)c3ccc(Cl)cc3)c(OCC)c2)cc1OCC. The van der Waals surface area contributed by atoms with Gasteiger partial charge in [0.05, 0.1) is 24.5 Å². The Morgan fingerprint density at radius 2 is 1.64 bits per heavy atom. The van der Waals surface area contributed by atoms with E-state index in [-0.39, 0.29) is 28.0 Å². The van der Waals surface area contributed by atoms with Gasteiger partial charge < -0.3 is 18.4 Å². The third kappa shape index (κ3) is 8.13. The van der Waals surface area contributed by atoms with Gasteiger partial charge in [0.15, 0.2) is 17.2 Å². The van der Waals surface area contributed by atoms with E-state index in [1.807, 2.05) is 6.92 Å². The molecule has 0 aliphatic heterocycles. The Morgan fingerprint density at radius 3 is 2.31 bits per heavy atom. The summed E-state index contributed by atoms with van der Waals surface area (Å²) in [5.74, 6) is 0.291. The Morgan fingerprint density at radius 1 is 0.949 bits per heavy atom. The van der Waals surface area contributed by atoms with Gasteiger partial charge in [-0.05, 0) is 74.0 Å². The van der Waals surface area contributed by atoms with Crippen molar-refractivity contribution in [2.24, 2.45) is 5.10 Å². The van der Waals surface area contributed by atoms with Crippen LogP contribution in [0.2, 0.25) is 10.0 Å². The van der Waals surface area contributed by atoms with E-state index in [0.717, 1.165) is 0 Å². The Kier molecular flexibility index (Phi) is 10.6. The average Bonchev–Trinajstić information content (AvgIpc) is 2.90. The third-order valence-corrected chi connectivity index (χ3v) is 6.64. The normalized spacial score (nSPS) is 11.2. The highest BCUT2D eigenvalue weighted by molar-refractivity contribution is 7.87. The second kappa shape index (κ2) is 13.9. The van der Waals surface area contributed by atoms with E-state index in [2.05, 4.69) is 17.1 Å². The average molecular weight is 593 g/mol. The van der Waals surface area contributed by atoms with Crippen LogP contribution in [0.15, 0.2) is 77.2 Å². The molecule has 39 heavy (non-hydrogen) atoms. The van der Waals surface area contributed by atoms with Crippen molar-refractivity contribution in [3.05, 3.63) is 88.4 Å². The van der Waals surface area contributed by atoms with Gasteiger partial charge in [0.25, 0.3) is 5.91 Å². The first-order chi connectivity index (χ1) is 18.7. The van der Waals surface area contributed by atoms with Crippen LogP contribution in [0.1, 0.15) is 29.8 Å². The van der Waals surface area contributed by atoms with Crippen molar-refractivity contribution < 1.29 is 31.6 Å². The van der Waals surface area contributed by atoms with Crippen molar-refractivity contribution in [1.29, 1.82) is 0 Å². The Hall–Kier alpha value is -3.73. The first-order valence-electron chi connectivity index (χ1n) is 11.7. The molecule has 0 bridgehead atoms. The van der Waals surface area contributed by atoms with Crippen molar-refractivity contribution in [3.63, 3.8) is 0 Å². The fraction of sp³-hybridized carbons (Fsp3) is 0.185. The summed E-state index contributed by atoms with van der Waals surface area (Å²) in [4.78, 5) is 12.5. The lowest BCUT2D eigenvalue weighted by molar-refractivity contribution is 0.0954. The van der Waals surface area contributed by atoms with Crippen LogP contribution in [0.25, 0.3) is 0 Å². The molecule has 0 aromatic heterocycles. The fourth-order valence-electron chi connectivity index (χ4n) is 3.18. The minimum absolute atomic E-state index is 0.0391. The van der Waals surface area contributed by atoms with E-state index in [1.165, 1.54) is 42.6 Å². The van der Waals surface area contributed by atoms with E-state index in [9.17, 15) is 13.2 Å². The number of hydrogen-bond acceptors (Lipinski definition) is 8. The molecule has 0 atom stereocenters. The molecule has 0 spiro atoms. The molecule has 0 saturated carbocycles. The molecule has 3 rings (SSSR count). The van der Waals surface area contributed by atoms with Crippen LogP contribution in [-0.2, 0) is 10.1 Å². The van der Waals surface area contributed by atoms with E-state index in [0.29, 0.717) is 40.9 Å². The van der Waals surface area contributed by atoms with Crippen molar-refractivity contribution in [2.45, 2.75) is 18.7 Å². The van der Waals surface area contributed by atoms with Gasteiger partial charge in [-0.3, -0.25) is 4.79 Å². The van der Waals surface area contributed by atoms with Gasteiger partial charge in [-0.1, -0.05) is 35.9 Å². The molecule has 0 unspecified atom stereocenters. The molecule has 12 heteroatoms. The number of hydrazone groups is 1. The highest BCUT2D eigenvalue weighted by Gasteiger charge is 2.22. The number of halogens is 2. The van der Waals surface area contributed by atoms with Crippen LogP contribution in [0.5, 0.6) is 23.0 Å². The molecule has 0 fully saturated rings. The lowest BCUT2D eigenvalue weighted by atomic mass is 10.2. The van der Waals surface area contributed by atoms with Crippen LogP contribution in [0.3, 0.4) is 0 Å². The molecule has 1 amide bonds. The fourth-order valence-corrected chi connectivity index (χ4v) is 4.57. The van der Waals surface area contributed by atoms with Gasteiger partial charge >= 0.3 is 10.1 Å². The van der Waals surface area contributed by atoms with Crippen LogP contribution in [-0.4, -0.2) is 40.4 Å². The summed E-state index contributed by atoms with van der Waals surface area (Å²) in [6.07, 6.45) is 2.93. The lowest BCUT2D eigenvalue weighted by Gasteiger charge is -2.14. The first-order valence-corrected chi connectivity index (χ1v) is 13.8. The molecular formula is C27H26Cl2N2O7S. The largest absolute Gasteiger partial charge is 0.490 e. The number of benzene rings is 3. The monoisotopic (exact) mass is 592 g/mol. The predicted octanol–water partition coefficient (Wildman–Crippen LogP) is 5.89. The molecule has 9 nitrogen and oxygen atoms in total. The maximum atomic E-state index is 12.8. The minimum Gasteiger partial charge on any atom is -0.490 e. The minimum atomic E-state index is -4.22. The quantitative estimate of drug-likeness (QED) is 0.114. The van der Waals surface area contributed by atoms with Crippen molar-refractivity contribution in [2.75, 3.05) is 19.8 Å². The number of ether oxygens (including phenoxy) is 3. The van der Waals surface area contributed by atoms with Gasteiger partial charge in [0.2, 0.25) is 5.75 Å². The zero-order valence-electron chi connectivity index (χ0n) is 21.1. The summed E-state index contributed by atoms with van der Waals surface area (Å²) in [7, 11) is -4.22. The summed E-state index contributed by atoms with van der Waals surface area (Å²) < 4.78 is 47.5. The lowest BCUT2D eigenvalue weighted by Crippen LogP contribution is -2.18. The Balaban J connectivity index is 1.78. The molecule has 0 heterocycles. The summed E-state index contributed by atoms with van der Waals surface area (Å²) in [5.41, 5.74) is 3.14. The molecule has 0 aliphatic rings. The van der Waals surface area contributed by atoms with Crippen LogP contribution in [0.4, 0.5) is 0 Å². The van der Waals surface area contributed by atoms with Gasteiger partial charge in [-0.15, -0.1) is 0 Å². The molecule has 206 valence electrons. The zero-order valence-corrected chi connectivity index (χ0v) is 23.5. The van der Waals surface area contributed by atoms with E-state index in [4.69, 9.17) is 41.6 Å². The number of carbonyl (C=O) groups excluding carboxylic acids is 1. The maximum absolute atomic E-state index is 12.8. The van der Waals surface area contributed by atoms with Gasteiger partial charge in [-0.25, -0.2) is 5.43 Å². The molecule has 3 aromatic carbocycles. The molecule has 1 N–H and O–H groups in total. The molecule has 3 aromatic rings. The second-order valence-corrected chi connectivity index (χ2v) is 10.0. The topological polar surface area (TPSA) is 113 Å². The summed E-state index contributed by atoms with van der Waals surface area (Å²) >= 11 is 12.2. The van der Waals surface area contributed by atoms with Crippen molar-refractivity contribution >= 4 is 45.4 Å². The first kappa shape index (κ1) is 29.8. The number of hydrogen-bond donors (Lipinski definition) is 1.